The molecule has 0 aliphatic heterocycles. The van der Waals surface area contributed by atoms with Crippen LogP contribution in [0.4, 0.5) is 10.5 Å². The molecule has 4 aromatic carbocycles. The molecule has 0 bridgehead atoms. The number of rotatable bonds is 9. The topological polar surface area (TPSA) is 108 Å². The lowest BCUT2D eigenvalue weighted by molar-refractivity contribution is -0.145. The molecular weight excluding hydrogens is 578 g/mol. The van der Waals surface area contributed by atoms with Crippen LogP contribution in [0.2, 0.25) is 0 Å². The third-order valence-electron chi connectivity index (χ3n) is 8.45. The molecule has 46 heavy (non-hydrogen) atoms. The number of hydrogen-bond acceptors (Lipinski definition) is 5. The molecule has 3 N–H and O–H groups in total. The second-order valence-corrected chi connectivity index (χ2v) is 13.2. The predicted octanol–water partition coefficient (Wildman–Crippen LogP) is 7.36. The summed E-state index contributed by atoms with van der Waals surface area (Å²) in [7, 11) is 0. The summed E-state index contributed by atoms with van der Waals surface area (Å²) in [6, 6.07) is 23.9. The van der Waals surface area contributed by atoms with E-state index in [1.807, 2.05) is 74.5 Å². The number of fused-ring (bicyclic) bond motifs is 1. The summed E-state index contributed by atoms with van der Waals surface area (Å²) in [5.74, 6) is -0.596. The molecule has 0 aromatic heterocycles. The fraction of sp³-hybridized carbons (Fsp3) is 0.342. The van der Waals surface area contributed by atoms with Gasteiger partial charge >= 0.3 is 6.09 Å². The van der Waals surface area contributed by atoms with Gasteiger partial charge in [0.15, 0.2) is 0 Å². The zero-order valence-electron chi connectivity index (χ0n) is 27.2. The summed E-state index contributed by atoms with van der Waals surface area (Å²) >= 11 is 0. The van der Waals surface area contributed by atoms with Crippen molar-refractivity contribution >= 4 is 34.4 Å². The number of nitrogens with one attached hydrogen (secondary N) is 2. The maximum Gasteiger partial charge on any atom is 0.408 e. The molecule has 1 aliphatic rings. The minimum atomic E-state index is -1.03. The molecule has 0 spiro atoms. The smallest absolute Gasteiger partial charge is 0.408 e. The van der Waals surface area contributed by atoms with Crippen LogP contribution in [0.25, 0.3) is 10.8 Å². The lowest BCUT2D eigenvalue weighted by Gasteiger charge is -2.44. The molecule has 3 amide bonds. The van der Waals surface area contributed by atoms with Crippen molar-refractivity contribution in [2.24, 2.45) is 0 Å². The molecule has 1 fully saturated rings. The van der Waals surface area contributed by atoms with Gasteiger partial charge in [0.1, 0.15) is 23.4 Å². The van der Waals surface area contributed by atoms with E-state index in [0.717, 1.165) is 52.3 Å². The number of aromatic hydroxyl groups is 1. The van der Waals surface area contributed by atoms with E-state index in [1.54, 1.807) is 49.9 Å². The van der Waals surface area contributed by atoms with Gasteiger partial charge < -0.3 is 25.4 Å². The van der Waals surface area contributed by atoms with Gasteiger partial charge in [-0.05, 0) is 111 Å². The van der Waals surface area contributed by atoms with Gasteiger partial charge in [0.05, 0.1) is 0 Å². The number of benzene rings is 4. The number of nitrogens with zero attached hydrogens (tertiary/aromatic N) is 1. The Morgan fingerprint density at radius 2 is 1.54 bits per heavy atom. The standard InChI is InChI=1S/C38H43N3O5/c1-24-10-8-11-25(2)33(24)34(35(43)39-29-19-18-27-12-6-7-13-28(27)23-29)41(30-14-9-15-30)36(44)32(40-37(45)46-38(3,4)5)22-26-16-20-31(42)21-17-26/h6-8,10-13,16-21,23,30,32,34,42H,9,14-15,22H2,1-5H3,(H,39,43)(H,40,45). The van der Waals surface area contributed by atoms with Crippen LogP contribution in [-0.2, 0) is 20.7 Å². The average molecular weight is 622 g/mol. The number of carbonyl (C=O) groups excluding carboxylic acids is 3. The summed E-state index contributed by atoms with van der Waals surface area (Å²) in [5, 5.41) is 17.8. The molecule has 1 aliphatic carbocycles. The molecular formula is C38H43N3O5. The number of phenols is 1. The van der Waals surface area contributed by atoms with Gasteiger partial charge in [0.2, 0.25) is 5.91 Å². The molecule has 2 unspecified atom stereocenters. The number of amides is 3. The number of aryl methyl sites for hydroxylation is 2. The van der Waals surface area contributed by atoms with E-state index in [4.69, 9.17) is 4.74 Å². The van der Waals surface area contributed by atoms with Crippen molar-refractivity contribution in [3.05, 3.63) is 107 Å². The molecule has 1 saturated carbocycles. The van der Waals surface area contributed by atoms with Crippen LogP contribution < -0.4 is 10.6 Å². The highest BCUT2D eigenvalue weighted by atomic mass is 16.6. The first kappa shape index (κ1) is 32.5. The van der Waals surface area contributed by atoms with Crippen molar-refractivity contribution in [2.45, 2.75) is 84.0 Å². The molecule has 240 valence electrons. The number of anilines is 1. The monoisotopic (exact) mass is 621 g/mol. The fourth-order valence-corrected chi connectivity index (χ4v) is 6.01. The maximum absolute atomic E-state index is 14.8. The highest BCUT2D eigenvalue weighted by Crippen LogP contribution is 2.37. The first-order valence-corrected chi connectivity index (χ1v) is 15.8. The van der Waals surface area contributed by atoms with Crippen LogP contribution in [0.1, 0.15) is 68.3 Å². The number of ether oxygens (including phenoxy) is 1. The fourth-order valence-electron chi connectivity index (χ4n) is 6.01. The lowest BCUT2D eigenvalue weighted by Crippen LogP contribution is -2.57. The largest absolute Gasteiger partial charge is 0.508 e. The van der Waals surface area contributed by atoms with Gasteiger partial charge in [-0.3, -0.25) is 9.59 Å². The zero-order chi connectivity index (χ0) is 33.0. The quantitative estimate of drug-likeness (QED) is 0.181. The van der Waals surface area contributed by atoms with Gasteiger partial charge in [-0.15, -0.1) is 0 Å². The number of hydrogen-bond donors (Lipinski definition) is 3. The Labute approximate surface area is 270 Å². The second-order valence-electron chi connectivity index (χ2n) is 13.2. The van der Waals surface area contributed by atoms with Gasteiger partial charge in [-0.25, -0.2) is 4.79 Å². The lowest BCUT2D eigenvalue weighted by atomic mass is 9.86. The number of alkyl carbamates (subject to hydrolysis) is 1. The Hall–Kier alpha value is -4.85. The van der Waals surface area contributed by atoms with E-state index in [0.29, 0.717) is 5.69 Å². The van der Waals surface area contributed by atoms with Gasteiger partial charge in [-0.2, -0.15) is 0 Å². The van der Waals surface area contributed by atoms with E-state index >= 15 is 0 Å². The summed E-state index contributed by atoms with van der Waals surface area (Å²) in [6.45, 7) is 9.19. The van der Waals surface area contributed by atoms with Crippen molar-refractivity contribution < 1.29 is 24.2 Å². The van der Waals surface area contributed by atoms with Gasteiger partial charge in [0.25, 0.3) is 5.91 Å². The van der Waals surface area contributed by atoms with E-state index < -0.39 is 23.8 Å². The highest BCUT2D eigenvalue weighted by molar-refractivity contribution is 6.01. The third kappa shape index (κ3) is 7.68. The van der Waals surface area contributed by atoms with Crippen molar-refractivity contribution in [2.75, 3.05) is 5.32 Å². The molecule has 2 atom stereocenters. The van der Waals surface area contributed by atoms with Crippen molar-refractivity contribution in [3.8, 4) is 5.75 Å². The van der Waals surface area contributed by atoms with Gasteiger partial charge in [-0.1, -0.05) is 60.7 Å². The third-order valence-corrected chi connectivity index (χ3v) is 8.45. The molecule has 0 radical (unpaired) electrons. The molecule has 4 aromatic rings. The molecule has 0 saturated heterocycles. The Kier molecular flexibility index (Phi) is 9.65. The Bertz CT molecular complexity index is 1700. The van der Waals surface area contributed by atoms with Crippen LogP contribution in [0, 0.1) is 13.8 Å². The SMILES string of the molecule is Cc1cccc(C)c1C(C(=O)Nc1ccc2ccccc2c1)N(C(=O)C(Cc1ccc(O)cc1)NC(=O)OC(C)(C)C)C1CCC1. The van der Waals surface area contributed by atoms with Crippen LogP contribution in [0.15, 0.2) is 84.9 Å². The summed E-state index contributed by atoms with van der Waals surface area (Å²) in [6.07, 6.45) is 1.85. The number of carbonyl (C=O) groups is 3. The minimum Gasteiger partial charge on any atom is -0.508 e. The van der Waals surface area contributed by atoms with Crippen molar-refractivity contribution in [3.63, 3.8) is 0 Å². The van der Waals surface area contributed by atoms with Crippen LogP contribution in [0.5, 0.6) is 5.75 Å². The maximum atomic E-state index is 14.8. The Balaban J connectivity index is 1.56. The minimum absolute atomic E-state index is 0.100. The van der Waals surface area contributed by atoms with Gasteiger partial charge in [0, 0.05) is 18.2 Å². The highest BCUT2D eigenvalue weighted by Gasteiger charge is 2.43. The van der Waals surface area contributed by atoms with Crippen LogP contribution in [-0.4, -0.2) is 45.6 Å². The zero-order valence-corrected chi connectivity index (χ0v) is 27.2. The molecule has 0 heterocycles. The summed E-state index contributed by atoms with van der Waals surface area (Å²) in [4.78, 5) is 44.2. The Morgan fingerprint density at radius 1 is 0.891 bits per heavy atom. The van der Waals surface area contributed by atoms with E-state index in [9.17, 15) is 19.5 Å². The average Bonchev–Trinajstić information content (AvgIpc) is 2.96. The van der Waals surface area contributed by atoms with Crippen molar-refractivity contribution in [1.29, 1.82) is 0 Å². The first-order valence-electron chi connectivity index (χ1n) is 15.8. The Morgan fingerprint density at radius 3 is 2.15 bits per heavy atom. The van der Waals surface area contributed by atoms with Crippen LogP contribution in [0.3, 0.4) is 0 Å². The number of phenolic OH excluding ortho intramolecular Hbond substituents is 1. The molecule has 8 heteroatoms. The molecule has 8 nitrogen and oxygen atoms in total. The second kappa shape index (κ2) is 13.6. The predicted molar refractivity (Wildman–Crippen MR) is 181 cm³/mol. The summed E-state index contributed by atoms with van der Waals surface area (Å²) < 4.78 is 5.56. The van der Waals surface area contributed by atoms with E-state index in [1.165, 1.54) is 0 Å². The van der Waals surface area contributed by atoms with E-state index in [-0.39, 0.29) is 30.0 Å². The van der Waals surface area contributed by atoms with Crippen molar-refractivity contribution in [1.82, 2.24) is 10.2 Å². The first-order chi connectivity index (χ1) is 21.9. The molecule has 5 rings (SSSR count). The normalized spacial score (nSPS) is 14.5. The van der Waals surface area contributed by atoms with Crippen LogP contribution >= 0.6 is 0 Å². The summed E-state index contributed by atoms with van der Waals surface area (Å²) in [5.41, 5.74) is 3.15. The van der Waals surface area contributed by atoms with E-state index in [2.05, 4.69) is 10.6 Å².